The first-order valence-electron chi connectivity index (χ1n) is 6.64. The normalized spacial score (nSPS) is 22.5. The Bertz CT molecular complexity index is 116. The van der Waals surface area contributed by atoms with Gasteiger partial charge in [0.15, 0.2) is 0 Å². The lowest BCUT2D eigenvalue weighted by Gasteiger charge is -2.22. The topological polar surface area (TPSA) is 12.0 Å². The van der Waals surface area contributed by atoms with Crippen LogP contribution in [0.25, 0.3) is 0 Å². The first kappa shape index (κ1) is 12.0. The van der Waals surface area contributed by atoms with Crippen molar-refractivity contribution in [2.75, 3.05) is 13.1 Å². The number of hydrogen-bond donors (Lipinski definition) is 1. The summed E-state index contributed by atoms with van der Waals surface area (Å²) >= 11 is 0. The Kier molecular flexibility index (Phi) is 7.12. The van der Waals surface area contributed by atoms with Gasteiger partial charge in [0.1, 0.15) is 0 Å². The second kappa shape index (κ2) is 8.28. The molecule has 0 spiro atoms. The van der Waals surface area contributed by atoms with Gasteiger partial charge < -0.3 is 5.32 Å². The van der Waals surface area contributed by atoms with Crippen molar-refractivity contribution in [2.24, 2.45) is 5.92 Å². The lowest BCUT2D eigenvalue weighted by molar-refractivity contribution is 0.345. The predicted octanol–water partition coefficient (Wildman–Crippen LogP) is 3.74. The van der Waals surface area contributed by atoms with Crippen LogP contribution in [0.5, 0.6) is 0 Å². The summed E-state index contributed by atoms with van der Waals surface area (Å²) < 4.78 is 0. The Morgan fingerprint density at radius 2 is 1.86 bits per heavy atom. The van der Waals surface area contributed by atoms with Gasteiger partial charge in [-0.05, 0) is 38.3 Å². The highest BCUT2D eigenvalue weighted by atomic mass is 14.9. The van der Waals surface area contributed by atoms with Crippen molar-refractivity contribution in [2.45, 2.75) is 64.7 Å². The van der Waals surface area contributed by atoms with E-state index in [0.717, 1.165) is 5.92 Å². The van der Waals surface area contributed by atoms with Crippen molar-refractivity contribution in [3.05, 3.63) is 0 Å². The molecule has 0 amide bonds. The minimum atomic E-state index is 0.995. The smallest absolute Gasteiger partial charge is 0.00205 e. The van der Waals surface area contributed by atoms with Crippen molar-refractivity contribution in [1.29, 1.82) is 0 Å². The first-order chi connectivity index (χ1) is 6.93. The van der Waals surface area contributed by atoms with Gasteiger partial charge in [-0.1, -0.05) is 45.4 Å². The fourth-order valence-corrected chi connectivity index (χ4v) is 2.38. The largest absolute Gasteiger partial charge is 0.316 e. The van der Waals surface area contributed by atoms with E-state index in [2.05, 4.69) is 12.2 Å². The highest BCUT2D eigenvalue weighted by Crippen LogP contribution is 2.18. The van der Waals surface area contributed by atoms with E-state index in [1.54, 1.807) is 0 Å². The fraction of sp³-hybridized carbons (Fsp3) is 1.00. The van der Waals surface area contributed by atoms with Gasteiger partial charge in [-0.2, -0.15) is 0 Å². The molecule has 0 saturated carbocycles. The predicted molar refractivity (Wildman–Crippen MR) is 63.6 cm³/mol. The Labute approximate surface area is 89.7 Å². The monoisotopic (exact) mass is 197 g/mol. The number of piperidine rings is 1. The summed E-state index contributed by atoms with van der Waals surface area (Å²) in [5.41, 5.74) is 0. The molecule has 1 aliphatic heterocycles. The third kappa shape index (κ3) is 5.64. The molecule has 1 saturated heterocycles. The van der Waals surface area contributed by atoms with Crippen LogP contribution in [0.3, 0.4) is 0 Å². The lowest BCUT2D eigenvalue weighted by Crippen LogP contribution is -2.29. The molecule has 1 heteroatoms. The standard InChI is InChI=1S/C13H27N/c1-2-3-4-5-6-7-9-13-10-8-11-14-12-13/h13-14H,2-12H2,1H3/t13-/m0/s1. The van der Waals surface area contributed by atoms with Gasteiger partial charge in [0, 0.05) is 0 Å². The second-order valence-electron chi connectivity index (χ2n) is 4.77. The summed E-state index contributed by atoms with van der Waals surface area (Å²) in [6, 6.07) is 0. The van der Waals surface area contributed by atoms with E-state index in [0.29, 0.717) is 0 Å². The maximum absolute atomic E-state index is 3.50. The van der Waals surface area contributed by atoms with Gasteiger partial charge in [-0.15, -0.1) is 0 Å². The van der Waals surface area contributed by atoms with Crippen LogP contribution in [0.1, 0.15) is 64.7 Å². The summed E-state index contributed by atoms with van der Waals surface area (Å²) in [4.78, 5) is 0. The summed E-state index contributed by atoms with van der Waals surface area (Å²) in [7, 11) is 0. The van der Waals surface area contributed by atoms with Crippen LogP contribution in [0.15, 0.2) is 0 Å². The zero-order valence-electron chi connectivity index (χ0n) is 9.86. The molecular formula is C13H27N. The van der Waals surface area contributed by atoms with E-state index in [1.807, 2.05) is 0 Å². The summed E-state index contributed by atoms with van der Waals surface area (Å²) in [5.74, 6) is 0.995. The molecule has 0 aromatic rings. The molecule has 0 aliphatic carbocycles. The Hall–Kier alpha value is -0.0400. The highest BCUT2D eigenvalue weighted by Gasteiger charge is 2.11. The average molecular weight is 197 g/mol. The van der Waals surface area contributed by atoms with Gasteiger partial charge >= 0.3 is 0 Å². The molecule has 14 heavy (non-hydrogen) atoms. The van der Waals surface area contributed by atoms with E-state index >= 15 is 0 Å². The van der Waals surface area contributed by atoms with Crippen LogP contribution in [-0.2, 0) is 0 Å². The highest BCUT2D eigenvalue weighted by molar-refractivity contribution is 4.68. The molecule has 1 heterocycles. The Morgan fingerprint density at radius 3 is 2.57 bits per heavy atom. The van der Waals surface area contributed by atoms with Gasteiger partial charge in [-0.3, -0.25) is 0 Å². The molecule has 0 radical (unpaired) electrons. The number of nitrogens with one attached hydrogen (secondary N) is 1. The lowest BCUT2D eigenvalue weighted by atomic mass is 9.93. The van der Waals surface area contributed by atoms with Gasteiger partial charge in [0.25, 0.3) is 0 Å². The molecule has 0 aromatic heterocycles. The van der Waals surface area contributed by atoms with Crippen LogP contribution < -0.4 is 5.32 Å². The maximum atomic E-state index is 3.50. The third-order valence-corrected chi connectivity index (χ3v) is 3.36. The van der Waals surface area contributed by atoms with E-state index in [-0.39, 0.29) is 0 Å². The van der Waals surface area contributed by atoms with Crippen LogP contribution in [0, 0.1) is 5.92 Å². The summed E-state index contributed by atoms with van der Waals surface area (Å²) in [6.45, 7) is 4.83. The Balaban J connectivity index is 1.82. The second-order valence-corrected chi connectivity index (χ2v) is 4.77. The minimum absolute atomic E-state index is 0.995. The Morgan fingerprint density at radius 1 is 1.07 bits per heavy atom. The van der Waals surface area contributed by atoms with E-state index in [1.165, 1.54) is 70.9 Å². The van der Waals surface area contributed by atoms with Crippen LogP contribution >= 0.6 is 0 Å². The van der Waals surface area contributed by atoms with Crippen molar-refractivity contribution in [3.63, 3.8) is 0 Å². The molecule has 1 rings (SSSR count). The fourth-order valence-electron chi connectivity index (χ4n) is 2.38. The van der Waals surface area contributed by atoms with Crippen LogP contribution in [-0.4, -0.2) is 13.1 Å². The van der Waals surface area contributed by atoms with E-state index < -0.39 is 0 Å². The first-order valence-corrected chi connectivity index (χ1v) is 6.64. The van der Waals surface area contributed by atoms with Crippen LogP contribution in [0.4, 0.5) is 0 Å². The minimum Gasteiger partial charge on any atom is -0.316 e. The zero-order valence-corrected chi connectivity index (χ0v) is 9.86. The van der Waals surface area contributed by atoms with Crippen LogP contribution in [0.2, 0.25) is 0 Å². The van der Waals surface area contributed by atoms with Gasteiger partial charge in [-0.25, -0.2) is 0 Å². The van der Waals surface area contributed by atoms with Crippen molar-refractivity contribution >= 4 is 0 Å². The molecule has 0 unspecified atom stereocenters. The van der Waals surface area contributed by atoms with E-state index in [9.17, 15) is 0 Å². The number of rotatable bonds is 7. The molecular weight excluding hydrogens is 170 g/mol. The van der Waals surface area contributed by atoms with Crippen molar-refractivity contribution < 1.29 is 0 Å². The summed E-state index contributed by atoms with van der Waals surface area (Å²) in [6.07, 6.45) is 13.0. The molecule has 1 nitrogen and oxygen atoms in total. The van der Waals surface area contributed by atoms with Crippen molar-refractivity contribution in [3.8, 4) is 0 Å². The molecule has 84 valence electrons. The average Bonchev–Trinajstić information content (AvgIpc) is 2.25. The molecule has 0 aromatic carbocycles. The van der Waals surface area contributed by atoms with Crippen molar-refractivity contribution in [1.82, 2.24) is 5.32 Å². The quantitative estimate of drug-likeness (QED) is 0.613. The molecule has 1 atom stereocenters. The zero-order chi connectivity index (χ0) is 10.1. The molecule has 1 fully saturated rings. The molecule has 1 N–H and O–H groups in total. The SMILES string of the molecule is CCCCCCCC[C@H]1CCCNC1. The number of hydrogen-bond acceptors (Lipinski definition) is 1. The molecule has 1 aliphatic rings. The van der Waals surface area contributed by atoms with Gasteiger partial charge in [0.05, 0.1) is 0 Å². The maximum Gasteiger partial charge on any atom is -0.00205 e. The number of unbranched alkanes of at least 4 members (excludes halogenated alkanes) is 5. The van der Waals surface area contributed by atoms with Gasteiger partial charge in [0.2, 0.25) is 0 Å². The summed E-state index contributed by atoms with van der Waals surface area (Å²) in [5, 5.41) is 3.50. The molecule has 0 bridgehead atoms. The van der Waals surface area contributed by atoms with E-state index in [4.69, 9.17) is 0 Å². The third-order valence-electron chi connectivity index (χ3n) is 3.36.